The van der Waals surface area contributed by atoms with E-state index in [9.17, 15) is 29.8 Å². The van der Waals surface area contributed by atoms with Crippen molar-refractivity contribution in [1.82, 2.24) is 9.96 Å². The van der Waals surface area contributed by atoms with E-state index in [1.54, 1.807) is 24.3 Å². The van der Waals surface area contributed by atoms with Gasteiger partial charge in [-0.3, -0.25) is 16.4 Å². The number of rotatable bonds is 16. The molecule has 13 nitrogen and oxygen atoms in total. The number of carboxylic acid groups (broad SMARTS) is 1. The van der Waals surface area contributed by atoms with Gasteiger partial charge in [0.2, 0.25) is 0 Å². The van der Waals surface area contributed by atoms with E-state index in [-0.39, 0.29) is 99.9 Å². The van der Waals surface area contributed by atoms with Gasteiger partial charge in [0.25, 0.3) is 0 Å². The number of fused-ring (bicyclic) bond motifs is 2. The number of hydrogen-bond donors (Lipinski definition) is 4. The molecule has 16 heteroatoms. The van der Waals surface area contributed by atoms with Crippen LogP contribution < -0.4 is 80.7 Å². The normalized spacial score (nSPS) is 10.2. The molecule has 2 aliphatic rings. The molecular formula is C41H40N4Na2O9S. The van der Waals surface area contributed by atoms with Crippen molar-refractivity contribution in [3.05, 3.63) is 118 Å². The van der Waals surface area contributed by atoms with Crippen molar-refractivity contribution >= 4 is 52.0 Å². The number of benzene rings is 4. The van der Waals surface area contributed by atoms with E-state index in [0.29, 0.717) is 64.0 Å². The number of nitrogens with one attached hydrogen (secondary N) is 1. The maximum absolute atomic E-state index is 12.6. The van der Waals surface area contributed by atoms with E-state index in [1.165, 1.54) is 30.3 Å². The van der Waals surface area contributed by atoms with Gasteiger partial charge in [0, 0.05) is 66.1 Å². The molecule has 286 valence electrons. The molecule has 0 atom stereocenters. The Hall–Kier alpha value is -4.18. The van der Waals surface area contributed by atoms with Crippen LogP contribution in [0.15, 0.2) is 94.2 Å². The Morgan fingerprint density at radius 2 is 1.49 bits per heavy atom. The summed E-state index contributed by atoms with van der Waals surface area (Å²) in [6, 6.07) is 21.7. The Morgan fingerprint density at radius 1 is 0.877 bits per heavy atom. The van der Waals surface area contributed by atoms with Gasteiger partial charge in [-0.1, -0.05) is 56.0 Å². The number of nitrogens with two attached hydrogens (primary N) is 1. The number of anilines is 1. The minimum atomic E-state index is -1.40. The van der Waals surface area contributed by atoms with Gasteiger partial charge in [0.1, 0.15) is 23.0 Å². The number of carbonyl (C=O) groups is 2. The number of carbonyl (C=O) groups excluding carboxylic acids is 4. The van der Waals surface area contributed by atoms with Gasteiger partial charge in [-0.05, 0) is 78.1 Å². The van der Waals surface area contributed by atoms with Gasteiger partial charge < -0.3 is 45.4 Å². The molecule has 5 N–H and O–H groups in total. The fourth-order valence-corrected chi connectivity index (χ4v) is 6.36. The topological polar surface area (TPSA) is 207 Å². The van der Waals surface area contributed by atoms with E-state index in [1.807, 2.05) is 29.2 Å². The minimum Gasteiger partial charge on any atom is -0.545 e. The van der Waals surface area contributed by atoms with Gasteiger partial charge >= 0.3 is 65.3 Å². The van der Waals surface area contributed by atoms with Crippen molar-refractivity contribution in [1.29, 1.82) is 0 Å². The van der Waals surface area contributed by atoms with Gasteiger partial charge in [-0.15, -0.1) is 0 Å². The van der Waals surface area contributed by atoms with E-state index < -0.39 is 11.9 Å². The number of hydrogen-bond acceptors (Lipinski definition) is 11. The quantitative estimate of drug-likeness (QED) is 0.0142. The molecule has 0 bridgehead atoms. The van der Waals surface area contributed by atoms with Crippen LogP contribution in [0.3, 0.4) is 0 Å². The maximum Gasteiger partial charge on any atom is 1.00 e. The molecule has 57 heavy (non-hydrogen) atoms. The van der Waals surface area contributed by atoms with Crippen LogP contribution in [0.2, 0.25) is 0 Å². The Morgan fingerprint density at radius 3 is 2.12 bits per heavy atom. The number of nitrogens with zero attached hydrogens (tertiary/aromatic N) is 2. The molecule has 1 heterocycles. The number of thiocarbonyl (C=S) groups is 1. The second kappa shape index (κ2) is 24.6. The SMILES string of the molecule is O=C=O.[CH-]=CC(=O)N(O)CCCCCCCCN(Cc1ccc(CN)cc1)C(=S)Nc1ccc(-c2c3ccc(=O)cc-3oc3cc(O)ccc23)c(C(=O)[O-])c1.[Na+].[Na+]. The first kappa shape index (κ1) is 49.0. The fourth-order valence-electron chi connectivity index (χ4n) is 6.08. The van der Waals surface area contributed by atoms with E-state index >= 15 is 0 Å². The first-order chi connectivity index (χ1) is 26.5. The molecule has 1 aliphatic heterocycles. The molecule has 0 aromatic heterocycles. The van der Waals surface area contributed by atoms with Crippen molar-refractivity contribution in [3.63, 3.8) is 0 Å². The predicted octanol–water partition coefficient (Wildman–Crippen LogP) is -0.736. The Bertz CT molecular complexity index is 2210. The van der Waals surface area contributed by atoms with Gasteiger partial charge in [-0.2, -0.15) is 15.7 Å². The zero-order chi connectivity index (χ0) is 39.9. The summed E-state index contributed by atoms with van der Waals surface area (Å²) < 4.78 is 5.93. The molecule has 1 aliphatic carbocycles. The summed E-state index contributed by atoms with van der Waals surface area (Å²) in [5.41, 5.74) is 9.59. The van der Waals surface area contributed by atoms with Crippen LogP contribution in [0, 0.1) is 6.58 Å². The van der Waals surface area contributed by atoms with E-state index in [4.69, 9.17) is 38.5 Å². The number of unbranched alkanes of at least 4 members (excludes halogenated alkanes) is 5. The van der Waals surface area contributed by atoms with Crippen LogP contribution in [-0.4, -0.2) is 56.5 Å². The first-order valence-corrected chi connectivity index (χ1v) is 17.8. The fraction of sp³-hybridized carbons (Fsp3) is 0.244. The third kappa shape index (κ3) is 14.0. The molecular weight excluding hydrogens is 771 g/mol. The van der Waals surface area contributed by atoms with Crippen LogP contribution in [0.25, 0.3) is 33.4 Å². The van der Waals surface area contributed by atoms with Crippen molar-refractivity contribution in [3.8, 4) is 28.2 Å². The van der Waals surface area contributed by atoms with Gasteiger partial charge in [0.15, 0.2) is 10.5 Å². The molecule has 5 rings (SSSR count). The zero-order valence-electron chi connectivity index (χ0n) is 31.9. The van der Waals surface area contributed by atoms with Gasteiger partial charge in [0.05, 0.1) is 5.97 Å². The third-order valence-electron chi connectivity index (χ3n) is 8.80. The van der Waals surface area contributed by atoms with E-state index in [0.717, 1.165) is 49.3 Å². The van der Waals surface area contributed by atoms with Crippen molar-refractivity contribution < 1.29 is 98.1 Å². The van der Waals surface area contributed by atoms with Crippen LogP contribution in [0.4, 0.5) is 5.69 Å². The average Bonchev–Trinajstić information content (AvgIpc) is 3.17. The summed E-state index contributed by atoms with van der Waals surface area (Å²) in [5.74, 6) is -1.82. The molecule has 0 saturated heterocycles. The number of aromatic hydroxyl groups is 1. The molecule has 0 fully saturated rings. The first-order valence-electron chi connectivity index (χ1n) is 17.4. The van der Waals surface area contributed by atoms with Crippen LogP contribution in [-0.2, 0) is 27.5 Å². The molecule has 3 aromatic rings. The van der Waals surface area contributed by atoms with Crippen molar-refractivity contribution in [2.24, 2.45) is 5.73 Å². The summed E-state index contributed by atoms with van der Waals surface area (Å²) >= 11 is 5.88. The molecule has 3 aromatic carbocycles. The number of phenols is 1. The summed E-state index contributed by atoms with van der Waals surface area (Å²) in [7, 11) is 0. The number of hydroxylamine groups is 2. The smallest absolute Gasteiger partial charge is 0.545 e. The summed E-state index contributed by atoms with van der Waals surface area (Å²) in [4.78, 5) is 54.5. The zero-order valence-corrected chi connectivity index (χ0v) is 36.7. The maximum atomic E-state index is 12.6. The second-order valence-electron chi connectivity index (χ2n) is 12.6. The summed E-state index contributed by atoms with van der Waals surface area (Å²) in [6.45, 7) is 6.97. The van der Waals surface area contributed by atoms with Crippen molar-refractivity contribution in [2.45, 2.75) is 51.6 Å². The number of aromatic carboxylic acids is 1. The largest absolute Gasteiger partial charge is 1.00 e. The second-order valence-corrected chi connectivity index (χ2v) is 13.0. The molecule has 0 unspecified atom stereocenters. The number of phenolic OH excluding ortho intramolecular Hbond substituents is 1. The van der Waals surface area contributed by atoms with Crippen molar-refractivity contribution in [2.75, 3.05) is 18.4 Å². The number of amides is 1. The average molecular weight is 811 g/mol. The monoisotopic (exact) mass is 810 g/mol. The Kier molecular flexibility index (Phi) is 21.1. The van der Waals surface area contributed by atoms with Crippen LogP contribution >= 0.6 is 12.2 Å². The van der Waals surface area contributed by atoms with Gasteiger partial charge in [-0.25, -0.2) is 0 Å². The molecule has 0 radical (unpaired) electrons. The molecule has 1 amide bonds. The molecule has 0 spiro atoms. The number of carboxylic acids is 1. The minimum absolute atomic E-state index is 0. The summed E-state index contributed by atoms with van der Waals surface area (Å²) in [5, 5.41) is 37.2. The standard InChI is InChI=1S/C40H41N4O7S.CO2.2Na/c1-2-37(47)44(50)20-8-6-4-3-5-7-19-43(25-27-11-9-26(24-41)10-12-27)40(52)42-28-13-16-31(34(21-28)39(48)49)38-32-17-14-29(45)22-35(32)51-36-23-30(46)15-18-33(36)38;2-1-3;;/h1-2,9-18,21-23,45,50H,3-8,19-20,24-25,41H2,(H,42,52)(H,48,49);;;/q-1;;2*+1/p-1. The van der Waals surface area contributed by atoms with E-state index in [2.05, 4.69) is 5.32 Å². The predicted molar refractivity (Wildman–Crippen MR) is 207 cm³/mol. The Balaban J connectivity index is 0.00000217. The summed E-state index contributed by atoms with van der Waals surface area (Å²) in [6.07, 6.45) is 6.29. The van der Waals surface area contributed by atoms with Crippen LogP contribution in [0.1, 0.15) is 60.0 Å². The van der Waals surface area contributed by atoms with Crippen LogP contribution in [0.5, 0.6) is 5.75 Å². The molecule has 0 saturated carbocycles. The Labute approximate surface area is 379 Å². The third-order valence-corrected chi connectivity index (χ3v) is 9.16.